The molecule has 1 nitrogen and oxygen atoms in total. The summed E-state index contributed by atoms with van der Waals surface area (Å²) in [6, 6.07) is 19.3. The van der Waals surface area contributed by atoms with Crippen LogP contribution in [0.3, 0.4) is 0 Å². The van der Waals surface area contributed by atoms with Gasteiger partial charge in [0.2, 0.25) is 0 Å². The minimum atomic E-state index is 0.155. The van der Waals surface area contributed by atoms with Crippen molar-refractivity contribution in [2.24, 2.45) is 0 Å². The van der Waals surface area contributed by atoms with Gasteiger partial charge in [-0.2, -0.15) is 0 Å². The first-order valence-corrected chi connectivity index (χ1v) is 9.40. The van der Waals surface area contributed by atoms with Crippen LogP contribution in [0, 0.1) is 13.8 Å². The first-order valence-electron chi connectivity index (χ1n) is 8.61. The molecule has 0 saturated carbocycles. The van der Waals surface area contributed by atoms with Crippen LogP contribution in [0.1, 0.15) is 37.5 Å². The van der Waals surface area contributed by atoms with E-state index < -0.39 is 0 Å². The van der Waals surface area contributed by atoms with Gasteiger partial charge in [0, 0.05) is 5.56 Å². The summed E-state index contributed by atoms with van der Waals surface area (Å²) in [6.07, 6.45) is 0. The highest BCUT2D eigenvalue weighted by Gasteiger charge is 2.17. The fourth-order valence-corrected chi connectivity index (χ4v) is 3.69. The number of benzene rings is 2. The van der Waals surface area contributed by atoms with Gasteiger partial charge in [0.25, 0.3) is 0 Å². The Morgan fingerprint density at radius 2 is 1.40 bits per heavy atom. The van der Waals surface area contributed by atoms with Crippen molar-refractivity contribution in [3.05, 3.63) is 75.9 Å². The summed E-state index contributed by atoms with van der Waals surface area (Å²) in [7, 11) is 0. The lowest BCUT2D eigenvalue weighted by molar-refractivity contribution is 0.589. The molecule has 0 saturated heterocycles. The maximum absolute atomic E-state index is 4.66. The summed E-state index contributed by atoms with van der Waals surface area (Å²) in [6.45, 7) is 11.2. The third-order valence-corrected chi connectivity index (χ3v) is 4.96. The van der Waals surface area contributed by atoms with Gasteiger partial charge >= 0.3 is 0 Å². The molecular formula is C23H24BrN. The lowest BCUT2D eigenvalue weighted by Crippen LogP contribution is -2.12. The second-order valence-corrected chi connectivity index (χ2v) is 8.48. The molecule has 0 radical (unpaired) electrons. The minimum Gasteiger partial charge on any atom is -0.241 e. The van der Waals surface area contributed by atoms with Crippen LogP contribution in [-0.4, -0.2) is 4.98 Å². The predicted molar refractivity (Wildman–Crippen MR) is 111 cm³/mol. The third kappa shape index (κ3) is 3.85. The number of nitrogens with zero attached hydrogens (tertiary/aromatic N) is 1. The highest BCUT2D eigenvalue weighted by atomic mass is 79.9. The molecule has 3 rings (SSSR count). The maximum atomic E-state index is 4.66. The number of pyridine rings is 1. The van der Waals surface area contributed by atoms with E-state index in [0.717, 1.165) is 15.9 Å². The maximum Gasteiger partial charge on any atom is 0.107 e. The van der Waals surface area contributed by atoms with Crippen LogP contribution in [0.4, 0.5) is 0 Å². The van der Waals surface area contributed by atoms with Gasteiger partial charge in [-0.15, -0.1) is 0 Å². The van der Waals surface area contributed by atoms with Gasteiger partial charge in [-0.3, -0.25) is 0 Å². The molecule has 0 aliphatic carbocycles. The van der Waals surface area contributed by atoms with Crippen LogP contribution in [0.25, 0.3) is 22.4 Å². The van der Waals surface area contributed by atoms with Gasteiger partial charge in [0.05, 0.1) is 5.69 Å². The first kappa shape index (κ1) is 17.9. The molecule has 0 atom stereocenters. The monoisotopic (exact) mass is 393 g/mol. The van der Waals surface area contributed by atoms with E-state index in [0.29, 0.717) is 0 Å². The largest absolute Gasteiger partial charge is 0.241 e. The van der Waals surface area contributed by atoms with Crippen molar-refractivity contribution in [2.75, 3.05) is 0 Å². The molecule has 0 spiro atoms. The van der Waals surface area contributed by atoms with Crippen LogP contribution >= 0.6 is 15.9 Å². The van der Waals surface area contributed by atoms with Crippen LogP contribution in [0.15, 0.2) is 59.2 Å². The predicted octanol–water partition coefficient (Wildman–Crippen LogP) is 7.09. The number of aryl methyl sites for hydroxylation is 2. The Balaban J connectivity index is 2.16. The van der Waals surface area contributed by atoms with E-state index in [1.165, 1.54) is 27.8 Å². The van der Waals surface area contributed by atoms with E-state index in [1.807, 2.05) is 18.2 Å². The van der Waals surface area contributed by atoms with Crippen molar-refractivity contribution in [3.63, 3.8) is 0 Å². The Hall–Kier alpha value is -1.93. The Labute approximate surface area is 159 Å². The third-order valence-electron chi connectivity index (χ3n) is 4.55. The van der Waals surface area contributed by atoms with Gasteiger partial charge in [-0.1, -0.05) is 63.2 Å². The molecule has 0 aliphatic heterocycles. The number of hydrogen-bond donors (Lipinski definition) is 0. The summed E-state index contributed by atoms with van der Waals surface area (Å²) in [4.78, 5) is 4.66. The summed E-state index contributed by atoms with van der Waals surface area (Å²) in [5.74, 6) is 0. The summed E-state index contributed by atoms with van der Waals surface area (Å²) < 4.78 is 0.863. The average molecular weight is 394 g/mol. The topological polar surface area (TPSA) is 12.9 Å². The molecule has 0 aliphatic rings. The molecule has 25 heavy (non-hydrogen) atoms. The van der Waals surface area contributed by atoms with E-state index in [2.05, 4.69) is 91.9 Å². The van der Waals surface area contributed by atoms with Gasteiger partial charge in [0.1, 0.15) is 4.60 Å². The SMILES string of the molecule is Cc1cc(C(C)(C)C)cc(C)c1-c1cc(Br)nc(-c2ccccc2)c1. The number of rotatable bonds is 2. The summed E-state index contributed by atoms with van der Waals surface area (Å²) in [5, 5.41) is 0. The van der Waals surface area contributed by atoms with Crippen molar-refractivity contribution in [2.45, 2.75) is 40.0 Å². The van der Waals surface area contributed by atoms with Crippen molar-refractivity contribution in [1.29, 1.82) is 0 Å². The fourth-order valence-electron chi connectivity index (χ4n) is 3.25. The van der Waals surface area contributed by atoms with Gasteiger partial charge in [0.15, 0.2) is 0 Å². The number of aromatic nitrogens is 1. The smallest absolute Gasteiger partial charge is 0.107 e. The molecule has 0 bridgehead atoms. The van der Waals surface area contributed by atoms with Gasteiger partial charge in [-0.05, 0) is 75.1 Å². The van der Waals surface area contributed by atoms with E-state index in [1.54, 1.807) is 0 Å². The lowest BCUT2D eigenvalue weighted by Gasteiger charge is -2.22. The van der Waals surface area contributed by atoms with Crippen LogP contribution in [0.5, 0.6) is 0 Å². The zero-order chi connectivity index (χ0) is 18.2. The van der Waals surface area contributed by atoms with Crippen molar-refractivity contribution in [3.8, 4) is 22.4 Å². The number of halogens is 1. The Morgan fingerprint density at radius 1 is 0.800 bits per heavy atom. The lowest BCUT2D eigenvalue weighted by atomic mass is 9.82. The van der Waals surface area contributed by atoms with Gasteiger partial charge < -0.3 is 0 Å². The van der Waals surface area contributed by atoms with E-state index in [4.69, 9.17) is 0 Å². The highest BCUT2D eigenvalue weighted by molar-refractivity contribution is 9.10. The highest BCUT2D eigenvalue weighted by Crippen LogP contribution is 2.35. The standard InChI is InChI=1S/C23H24BrN/c1-15-11-19(23(3,4)5)12-16(2)22(15)18-13-20(25-21(24)14-18)17-9-7-6-8-10-17/h6-14H,1-5H3. The molecule has 0 N–H and O–H groups in total. The van der Waals surface area contributed by atoms with Crippen LogP contribution in [0.2, 0.25) is 0 Å². The molecule has 1 aromatic heterocycles. The summed E-state index contributed by atoms with van der Waals surface area (Å²) in [5.41, 5.74) is 8.77. The minimum absolute atomic E-state index is 0.155. The molecule has 0 unspecified atom stereocenters. The Kier molecular flexibility index (Phi) is 4.83. The fraction of sp³-hybridized carbons (Fsp3) is 0.261. The Morgan fingerprint density at radius 3 is 1.96 bits per heavy atom. The molecule has 2 heteroatoms. The van der Waals surface area contributed by atoms with E-state index in [9.17, 15) is 0 Å². The number of hydrogen-bond acceptors (Lipinski definition) is 1. The zero-order valence-corrected chi connectivity index (χ0v) is 17.1. The summed E-state index contributed by atoms with van der Waals surface area (Å²) >= 11 is 3.59. The molecule has 1 heterocycles. The second kappa shape index (κ2) is 6.76. The van der Waals surface area contributed by atoms with Crippen LogP contribution in [-0.2, 0) is 5.41 Å². The molecule has 2 aromatic carbocycles. The van der Waals surface area contributed by atoms with Crippen molar-refractivity contribution >= 4 is 15.9 Å². The molecule has 3 aromatic rings. The molecule has 128 valence electrons. The molecular weight excluding hydrogens is 370 g/mol. The quantitative estimate of drug-likeness (QED) is 0.423. The van der Waals surface area contributed by atoms with E-state index >= 15 is 0 Å². The van der Waals surface area contributed by atoms with Crippen LogP contribution < -0.4 is 0 Å². The zero-order valence-electron chi connectivity index (χ0n) is 15.5. The van der Waals surface area contributed by atoms with Crippen molar-refractivity contribution in [1.82, 2.24) is 4.98 Å². The second-order valence-electron chi connectivity index (χ2n) is 7.66. The van der Waals surface area contributed by atoms with Crippen molar-refractivity contribution < 1.29 is 0 Å². The average Bonchev–Trinajstić information content (AvgIpc) is 2.53. The normalized spacial score (nSPS) is 11.6. The molecule has 0 fully saturated rings. The van der Waals surface area contributed by atoms with Gasteiger partial charge in [-0.25, -0.2) is 4.98 Å². The Bertz CT molecular complexity index is 882. The molecule has 0 amide bonds. The van der Waals surface area contributed by atoms with E-state index in [-0.39, 0.29) is 5.41 Å². The first-order chi connectivity index (χ1) is 11.8.